The predicted octanol–water partition coefficient (Wildman–Crippen LogP) is 0.413. The van der Waals surface area contributed by atoms with Gasteiger partial charge in [-0.25, -0.2) is 0 Å². The molecule has 3 heterocycles. The Balaban J connectivity index is 1.43. The molecule has 4 heteroatoms. The molecule has 0 aromatic carbocycles. The van der Waals surface area contributed by atoms with Crippen molar-refractivity contribution in [1.29, 1.82) is 0 Å². The van der Waals surface area contributed by atoms with Crippen molar-refractivity contribution in [2.75, 3.05) is 59.1 Å². The molecule has 3 rings (SSSR count). The van der Waals surface area contributed by atoms with Crippen LogP contribution < -0.4 is 0 Å². The first-order valence-corrected chi connectivity index (χ1v) is 7.43. The van der Waals surface area contributed by atoms with E-state index in [-0.39, 0.29) is 12.0 Å². The quantitative estimate of drug-likeness (QED) is 0.771. The lowest BCUT2D eigenvalue weighted by molar-refractivity contribution is -0.146. The van der Waals surface area contributed by atoms with Gasteiger partial charge in [0, 0.05) is 19.6 Å². The molecule has 3 aliphatic heterocycles. The van der Waals surface area contributed by atoms with Gasteiger partial charge in [-0.05, 0) is 44.8 Å². The smallest absolute Gasteiger partial charge is 0.0579 e. The summed E-state index contributed by atoms with van der Waals surface area (Å²) in [6, 6.07) is 0. The molecule has 3 fully saturated rings. The number of nitrogens with zero attached hydrogens (tertiary/aromatic N) is 2. The van der Waals surface area contributed by atoms with Crippen LogP contribution in [0.5, 0.6) is 0 Å². The standard InChI is InChI=1S/C14H26N2O2/c17-10-14(11-18-12-14)9-16-6-3-13(8-16)7-15-4-1-2-5-15/h13,17H,1-12H2. The van der Waals surface area contributed by atoms with Crippen LogP contribution in [0.2, 0.25) is 0 Å². The van der Waals surface area contributed by atoms with E-state index in [0.29, 0.717) is 0 Å². The number of aliphatic hydroxyl groups is 1. The molecule has 0 spiro atoms. The average Bonchev–Trinajstić information content (AvgIpc) is 2.96. The van der Waals surface area contributed by atoms with Gasteiger partial charge in [0.1, 0.15) is 0 Å². The summed E-state index contributed by atoms with van der Waals surface area (Å²) in [5.41, 5.74) is 0.0581. The van der Waals surface area contributed by atoms with E-state index in [0.717, 1.165) is 25.7 Å². The van der Waals surface area contributed by atoms with E-state index < -0.39 is 0 Å². The molecule has 0 amide bonds. The molecule has 1 atom stereocenters. The first-order chi connectivity index (χ1) is 8.80. The van der Waals surface area contributed by atoms with Crippen LogP contribution in [0.4, 0.5) is 0 Å². The van der Waals surface area contributed by atoms with Gasteiger partial charge in [0.15, 0.2) is 0 Å². The van der Waals surface area contributed by atoms with E-state index in [1.165, 1.54) is 52.0 Å². The summed E-state index contributed by atoms with van der Waals surface area (Å²) >= 11 is 0. The summed E-state index contributed by atoms with van der Waals surface area (Å²) in [6.45, 7) is 9.14. The Morgan fingerprint density at radius 2 is 1.89 bits per heavy atom. The molecule has 3 saturated heterocycles. The fourth-order valence-corrected chi connectivity index (χ4v) is 3.63. The molecule has 18 heavy (non-hydrogen) atoms. The normalized spacial score (nSPS) is 32.8. The highest BCUT2D eigenvalue weighted by atomic mass is 16.5. The van der Waals surface area contributed by atoms with Gasteiger partial charge >= 0.3 is 0 Å². The maximum atomic E-state index is 9.48. The van der Waals surface area contributed by atoms with E-state index in [1.54, 1.807) is 0 Å². The second-order valence-corrected chi connectivity index (χ2v) is 6.55. The number of ether oxygens (including phenoxy) is 1. The van der Waals surface area contributed by atoms with Crippen molar-refractivity contribution in [3.8, 4) is 0 Å². The zero-order valence-corrected chi connectivity index (χ0v) is 11.3. The van der Waals surface area contributed by atoms with Crippen LogP contribution in [0.25, 0.3) is 0 Å². The van der Waals surface area contributed by atoms with Gasteiger partial charge < -0.3 is 19.6 Å². The van der Waals surface area contributed by atoms with E-state index >= 15 is 0 Å². The van der Waals surface area contributed by atoms with Crippen molar-refractivity contribution >= 4 is 0 Å². The van der Waals surface area contributed by atoms with Gasteiger partial charge in [-0.1, -0.05) is 0 Å². The van der Waals surface area contributed by atoms with Crippen molar-refractivity contribution in [1.82, 2.24) is 9.80 Å². The number of hydrogen-bond donors (Lipinski definition) is 1. The lowest BCUT2D eigenvalue weighted by atomic mass is 9.86. The summed E-state index contributed by atoms with van der Waals surface area (Å²) in [5.74, 6) is 0.847. The second kappa shape index (κ2) is 5.45. The SMILES string of the molecule is OCC1(CN2CCC(CN3CCCC3)C2)COC1. The van der Waals surface area contributed by atoms with E-state index in [2.05, 4.69) is 9.80 Å². The molecular weight excluding hydrogens is 228 g/mol. The van der Waals surface area contributed by atoms with Gasteiger partial charge in [0.2, 0.25) is 0 Å². The highest BCUT2D eigenvalue weighted by molar-refractivity contribution is 4.91. The molecule has 1 N–H and O–H groups in total. The number of hydrogen-bond acceptors (Lipinski definition) is 4. The average molecular weight is 254 g/mol. The van der Waals surface area contributed by atoms with Crippen LogP contribution in [-0.2, 0) is 4.74 Å². The predicted molar refractivity (Wildman–Crippen MR) is 70.6 cm³/mol. The van der Waals surface area contributed by atoms with Crippen molar-refractivity contribution in [2.45, 2.75) is 19.3 Å². The lowest BCUT2D eigenvalue weighted by Crippen LogP contribution is -2.53. The minimum absolute atomic E-state index is 0.0581. The van der Waals surface area contributed by atoms with Crippen LogP contribution in [-0.4, -0.2) is 74.0 Å². The van der Waals surface area contributed by atoms with Gasteiger partial charge in [0.05, 0.1) is 25.2 Å². The number of aliphatic hydroxyl groups excluding tert-OH is 1. The molecule has 0 saturated carbocycles. The lowest BCUT2D eigenvalue weighted by Gasteiger charge is -2.42. The third-order valence-corrected chi connectivity index (χ3v) is 4.80. The third kappa shape index (κ3) is 2.72. The van der Waals surface area contributed by atoms with Crippen molar-refractivity contribution in [2.24, 2.45) is 11.3 Å². The van der Waals surface area contributed by atoms with E-state index in [4.69, 9.17) is 4.74 Å². The van der Waals surface area contributed by atoms with E-state index in [9.17, 15) is 5.11 Å². The first kappa shape index (κ1) is 12.9. The number of rotatable bonds is 5. The maximum absolute atomic E-state index is 9.48. The second-order valence-electron chi connectivity index (χ2n) is 6.55. The van der Waals surface area contributed by atoms with Gasteiger partial charge in [-0.15, -0.1) is 0 Å². The van der Waals surface area contributed by atoms with Crippen LogP contribution in [0.15, 0.2) is 0 Å². The Morgan fingerprint density at radius 1 is 1.11 bits per heavy atom. The molecular formula is C14H26N2O2. The minimum atomic E-state index is 0.0581. The topological polar surface area (TPSA) is 35.9 Å². The van der Waals surface area contributed by atoms with Gasteiger partial charge in [0.25, 0.3) is 0 Å². The molecule has 0 aromatic heterocycles. The molecule has 4 nitrogen and oxygen atoms in total. The Bertz CT molecular complexity index is 269. The zero-order valence-electron chi connectivity index (χ0n) is 11.3. The largest absolute Gasteiger partial charge is 0.396 e. The van der Waals surface area contributed by atoms with Crippen LogP contribution in [0.3, 0.4) is 0 Å². The fraction of sp³-hybridized carbons (Fsp3) is 1.00. The minimum Gasteiger partial charge on any atom is -0.396 e. The highest BCUT2D eigenvalue weighted by Crippen LogP contribution is 2.30. The zero-order chi connectivity index (χ0) is 12.4. The number of likely N-dealkylation sites (tertiary alicyclic amines) is 2. The molecule has 0 radical (unpaired) electrons. The molecule has 104 valence electrons. The molecule has 0 aromatic rings. The van der Waals surface area contributed by atoms with Crippen LogP contribution in [0, 0.1) is 11.3 Å². The Labute approximate surface area is 110 Å². The molecule has 1 unspecified atom stereocenters. The Hall–Kier alpha value is -0.160. The third-order valence-electron chi connectivity index (χ3n) is 4.80. The van der Waals surface area contributed by atoms with E-state index in [1.807, 2.05) is 0 Å². The summed E-state index contributed by atoms with van der Waals surface area (Å²) in [6.07, 6.45) is 4.11. The van der Waals surface area contributed by atoms with Crippen LogP contribution in [0.1, 0.15) is 19.3 Å². The Morgan fingerprint density at radius 3 is 2.50 bits per heavy atom. The molecule has 3 aliphatic rings. The van der Waals surface area contributed by atoms with Gasteiger partial charge in [-0.2, -0.15) is 0 Å². The monoisotopic (exact) mass is 254 g/mol. The van der Waals surface area contributed by atoms with Crippen molar-refractivity contribution < 1.29 is 9.84 Å². The maximum Gasteiger partial charge on any atom is 0.0579 e. The molecule has 0 aliphatic carbocycles. The first-order valence-electron chi connectivity index (χ1n) is 7.43. The highest BCUT2D eigenvalue weighted by Gasteiger charge is 2.41. The summed E-state index contributed by atoms with van der Waals surface area (Å²) in [4.78, 5) is 5.17. The van der Waals surface area contributed by atoms with Gasteiger partial charge in [-0.3, -0.25) is 0 Å². The Kier molecular flexibility index (Phi) is 3.89. The summed E-state index contributed by atoms with van der Waals surface area (Å²) in [5, 5.41) is 9.48. The van der Waals surface area contributed by atoms with Crippen LogP contribution >= 0.6 is 0 Å². The summed E-state index contributed by atoms with van der Waals surface area (Å²) < 4.78 is 5.28. The summed E-state index contributed by atoms with van der Waals surface area (Å²) in [7, 11) is 0. The van der Waals surface area contributed by atoms with Crippen molar-refractivity contribution in [3.05, 3.63) is 0 Å². The van der Waals surface area contributed by atoms with Crippen molar-refractivity contribution in [3.63, 3.8) is 0 Å². The fourth-order valence-electron chi connectivity index (χ4n) is 3.63. The molecule has 0 bridgehead atoms.